The van der Waals surface area contributed by atoms with Crippen LogP contribution >= 0.6 is 0 Å². The van der Waals surface area contributed by atoms with Crippen LogP contribution in [0.4, 0.5) is 10.1 Å². The Morgan fingerprint density at radius 2 is 2.25 bits per heavy atom. The molecule has 16 heavy (non-hydrogen) atoms. The highest BCUT2D eigenvalue weighted by Crippen LogP contribution is 2.24. The Balaban J connectivity index is 2.41. The highest BCUT2D eigenvalue weighted by molar-refractivity contribution is 5.91. The van der Waals surface area contributed by atoms with Crippen LogP contribution in [-0.2, 0) is 0 Å². The molecule has 0 bridgehead atoms. The van der Waals surface area contributed by atoms with E-state index in [-0.39, 0.29) is 5.82 Å². The number of hydrogen-bond donors (Lipinski definition) is 1. The number of pyridine rings is 1. The lowest BCUT2D eigenvalue weighted by atomic mass is 10.1. The summed E-state index contributed by atoms with van der Waals surface area (Å²) in [5.74, 6) is 2.26. The first-order valence-electron chi connectivity index (χ1n) is 5.03. The van der Waals surface area contributed by atoms with Crippen LogP contribution in [0.25, 0.3) is 10.9 Å². The summed E-state index contributed by atoms with van der Waals surface area (Å²) < 4.78 is 13.6. The van der Waals surface area contributed by atoms with Gasteiger partial charge in [0.2, 0.25) is 0 Å². The Morgan fingerprint density at radius 3 is 3.06 bits per heavy atom. The molecule has 0 atom stereocenters. The zero-order valence-corrected chi connectivity index (χ0v) is 8.70. The summed E-state index contributed by atoms with van der Waals surface area (Å²) >= 11 is 0. The van der Waals surface area contributed by atoms with E-state index in [1.807, 2.05) is 0 Å². The van der Waals surface area contributed by atoms with Crippen LogP contribution in [0.5, 0.6) is 0 Å². The SMILES string of the molecule is C#CCCNc1ccnc2cccc(F)c12. The summed E-state index contributed by atoms with van der Waals surface area (Å²) in [7, 11) is 0. The van der Waals surface area contributed by atoms with E-state index in [9.17, 15) is 4.39 Å². The van der Waals surface area contributed by atoms with Gasteiger partial charge in [-0.2, -0.15) is 0 Å². The van der Waals surface area contributed by atoms with Gasteiger partial charge in [-0.1, -0.05) is 6.07 Å². The third-order valence-electron chi connectivity index (χ3n) is 2.30. The van der Waals surface area contributed by atoms with E-state index >= 15 is 0 Å². The molecule has 1 aromatic heterocycles. The summed E-state index contributed by atoms with van der Waals surface area (Å²) in [6.45, 7) is 0.629. The molecule has 1 N–H and O–H groups in total. The van der Waals surface area contributed by atoms with Gasteiger partial charge in [0.15, 0.2) is 0 Å². The smallest absolute Gasteiger partial charge is 0.134 e. The molecule has 0 fully saturated rings. The van der Waals surface area contributed by atoms with Gasteiger partial charge in [-0.3, -0.25) is 4.98 Å². The molecule has 0 spiro atoms. The normalized spacial score (nSPS) is 10.0. The Kier molecular flexibility index (Phi) is 3.02. The Hall–Kier alpha value is -2.08. The predicted molar refractivity (Wildman–Crippen MR) is 63.6 cm³/mol. The maximum atomic E-state index is 13.6. The lowest BCUT2D eigenvalue weighted by Crippen LogP contribution is -2.02. The quantitative estimate of drug-likeness (QED) is 0.627. The van der Waals surface area contributed by atoms with Crippen LogP contribution < -0.4 is 5.32 Å². The number of fused-ring (bicyclic) bond motifs is 1. The van der Waals surface area contributed by atoms with Gasteiger partial charge in [-0.05, 0) is 18.2 Å². The maximum Gasteiger partial charge on any atom is 0.134 e. The molecule has 3 heteroatoms. The van der Waals surface area contributed by atoms with Crippen molar-refractivity contribution in [2.45, 2.75) is 6.42 Å². The highest BCUT2D eigenvalue weighted by Gasteiger charge is 2.05. The summed E-state index contributed by atoms with van der Waals surface area (Å²) in [5.41, 5.74) is 1.38. The number of terminal acetylenes is 1. The molecule has 2 nitrogen and oxygen atoms in total. The van der Waals surface area contributed by atoms with Crippen molar-refractivity contribution in [1.82, 2.24) is 4.98 Å². The molecule has 1 heterocycles. The van der Waals surface area contributed by atoms with Gasteiger partial charge >= 0.3 is 0 Å². The molecule has 0 aliphatic rings. The van der Waals surface area contributed by atoms with Crippen LogP contribution in [-0.4, -0.2) is 11.5 Å². The number of rotatable bonds is 3. The first kappa shape index (κ1) is 10.4. The van der Waals surface area contributed by atoms with Gasteiger partial charge in [0.1, 0.15) is 5.82 Å². The largest absolute Gasteiger partial charge is 0.383 e. The number of nitrogens with zero attached hydrogens (tertiary/aromatic N) is 1. The topological polar surface area (TPSA) is 24.9 Å². The minimum Gasteiger partial charge on any atom is -0.383 e. The molecular weight excluding hydrogens is 203 g/mol. The molecule has 0 radical (unpaired) electrons. The minimum absolute atomic E-state index is 0.270. The second-order valence-corrected chi connectivity index (χ2v) is 3.37. The Bertz CT molecular complexity index is 538. The van der Waals surface area contributed by atoms with Crippen molar-refractivity contribution in [2.75, 3.05) is 11.9 Å². The fourth-order valence-electron chi connectivity index (χ4n) is 1.58. The van der Waals surface area contributed by atoms with E-state index in [1.165, 1.54) is 6.07 Å². The number of nitrogens with one attached hydrogen (secondary N) is 1. The average molecular weight is 214 g/mol. The number of benzene rings is 1. The van der Waals surface area contributed by atoms with Crippen molar-refractivity contribution in [3.8, 4) is 12.3 Å². The van der Waals surface area contributed by atoms with Crippen LogP contribution in [0.1, 0.15) is 6.42 Å². The van der Waals surface area contributed by atoms with Crippen molar-refractivity contribution in [3.05, 3.63) is 36.3 Å². The third-order valence-corrected chi connectivity index (χ3v) is 2.30. The first-order chi connectivity index (χ1) is 7.83. The number of aromatic nitrogens is 1. The maximum absolute atomic E-state index is 13.6. The zero-order valence-electron chi connectivity index (χ0n) is 8.70. The predicted octanol–water partition coefficient (Wildman–Crippen LogP) is 2.81. The summed E-state index contributed by atoms with van der Waals surface area (Å²) in [6.07, 6.45) is 7.42. The summed E-state index contributed by atoms with van der Waals surface area (Å²) in [4.78, 5) is 4.11. The Labute approximate surface area is 93.5 Å². The molecule has 0 saturated heterocycles. The lowest BCUT2D eigenvalue weighted by molar-refractivity contribution is 0.640. The van der Waals surface area contributed by atoms with Crippen LogP contribution in [0.3, 0.4) is 0 Å². The van der Waals surface area contributed by atoms with Crippen LogP contribution in [0.2, 0.25) is 0 Å². The van der Waals surface area contributed by atoms with E-state index < -0.39 is 0 Å². The highest BCUT2D eigenvalue weighted by atomic mass is 19.1. The number of anilines is 1. The van der Waals surface area contributed by atoms with E-state index in [2.05, 4.69) is 16.2 Å². The van der Waals surface area contributed by atoms with Crippen molar-refractivity contribution in [1.29, 1.82) is 0 Å². The van der Waals surface area contributed by atoms with Crippen LogP contribution in [0.15, 0.2) is 30.5 Å². The van der Waals surface area contributed by atoms with E-state index in [0.717, 1.165) is 5.69 Å². The molecular formula is C13H11FN2. The molecule has 0 aliphatic carbocycles. The molecule has 0 unspecified atom stereocenters. The first-order valence-corrected chi connectivity index (χ1v) is 5.03. The second-order valence-electron chi connectivity index (χ2n) is 3.37. The van der Waals surface area contributed by atoms with Gasteiger partial charge in [0.05, 0.1) is 10.9 Å². The Morgan fingerprint density at radius 1 is 1.38 bits per heavy atom. The standard InChI is InChI=1S/C13H11FN2/c1-2-3-8-15-12-7-9-16-11-6-4-5-10(14)13(11)12/h1,4-7,9H,3,8H2,(H,15,16). The van der Waals surface area contributed by atoms with Gasteiger partial charge in [-0.15, -0.1) is 12.3 Å². The molecule has 0 amide bonds. The van der Waals surface area contributed by atoms with Gasteiger partial charge < -0.3 is 5.32 Å². The van der Waals surface area contributed by atoms with Crippen molar-refractivity contribution < 1.29 is 4.39 Å². The zero-order chi connectivity index (χ0) is 11.4. The van der Waals surface area contributed by atoms with Crippen molar-refractivity contribution in [2.24, 2.45) is 0 Å². The van der Waals surface area contributed by atoms with Crippen molar-refractivity contribution >= 4 is 16.6 Å². The summed E-state index contributed by atoms with van der Waals surface area (Å²) in [5, 5.41) is 3.62. The molecule has 1 aromatic carbocycles. The molecule has 2 rings (SSSR count). The van der Waals surface area contributed by atoms with Crippen molar-refractivity contribution in [3.63, 3.8) is 0 Å². The van der Waals surface area contributed by atoms with Gasteiger partial charge in [-0.25, -0.2) is 4.39 Å². The second kappa shape index (κ2) is 4.63. The van der Waals surface area contributed by atoms with Gasteiger partial charge in [0.25, 0.3) is 0 Å². The van der Waals surface area contributed by atoms with E-state index in [1.54, 1.807) is 24.4 Å². The third kappa shape index (κ3) is 1.96. The average Bonchev–Trinajstić information content (AvgIpc) is 2.30. The number of halogens is 1. The van der Waals surface area contributed by atoms with E-state index in [4.69, 9.17) is 6.42 Å². The molecule has 80 valence electrons. The number of hydrogen-bond acceptors (Lipinski definition) is 2. The van der Waals surface area contributed by atoms with Crippen LogP contribution in [0, 0.1) is 18.2 Å². The molecule has 0 aliphatic heterocycles. The summed E-state index contributed by atoms with van der Waals surface area (Å²) in [6, 6.07) is 6.61. The fourth-order valence-corrected chi connectivity index (χ4v) is 1.58. The monoisotopic (exact) mass is 214 g/mol. The fraction of sp³-hybridized carbons (Fsp3) is 0.154. The minimum atomic E-state index is -0.270. The molecule has 2 aromatic rings. The van der Waals surface area contributed by atoms with Gasteiger partial charge in [0, 0.05) is 24.8 Å². The lowest BCUT2D eigenvalue weighted by Gasteiger charge is -2.08. The molecule has 0 saturated carbocycles. The van der Waals surface area contributed by atoms with E-state index in [0.29, 0.717) is 23.9 Å².